The lowest BCUT2D eigenvalue weighted by Gasteiger charge is -2.23. The van der Waals surface area contributed by atoms with Gasteiger partial charge in [-0.3, -0.25) is 4.79 Å². The highest BCUT2D eigenvalue weighted by Crippen LogP contribution is 2.19. The van der Waals surface area contributed by atoms with Crippen molar-refractivity contribution in [1.82, 2.24) is 0 Å². The number of ether oxygens (including phenoxy) is 1. The largest absolute Gasteiger partial charge is 0.481 e. The molecule has 5 nitrogen and oxygen atoms in total. The second kappa shape index (κ2) is 5.63. The van der Waals surface area contributed by atoms with E-state index in [1.54, 1.807) is 0 Å². The Bertz CT molecular complexity index is 329. The van der Waals surface area contributed by atoms with Crippen LogP contribution in [0.5, 0.6) is 0 Å². The Kier molecular flexibility index (Phi) is 4.73. The number of rotatable bonds is 5. The van der Waals surface area contributed by atoms with Crippen LogP contribution in [0.4, 0.5) is 0 Å². The van der Waals surface area contributed by atoms with Gasteiger partial charge in [-0.2, -0.15) is 0 Å². The SMILES string of the molecule is CC(CC(=O)O)S(=O)(=O)CC1CCOCC1. The van der Waals surface area contributed by atoms with E-state index in [4.69, 9.17) is 9.84 Å². The summed E-state index contributed by atoms with van der Waals surface area (Å²) in [5, 5.41) is 7.77. The van der Waals surface area contributed by atoms with Crippen LogP contribution in [0.25, 0.3) is 0 Å². The average Bonchev–Trinajstić information content (AvgIpc) is 2.17. The lowest BCUT2D eigenvalue weighted by atomic mass is 10.0. The monoisotopic (exact) mass is 250 g/mol. The summed E-state index contributed by atoms with van der Waals surface area (Å²) in [7, 11) is -3.29. The van der Waals surface area contributed by atoms with E-state index < -0.39 is 21.1 Å². The van der Waals surface area contributed by atoms with Crippen molar-refractivity contribution in [3.05, 3.63) is 0 Å². The minimum Gasteiger partial charge on any atom is -0.481 e. The average molecular weight is 250 g/mol. The number of carbonyl (C=O) groups is 1. The van der Waals surface area contributed by atoms with E-state index >= 15 is 0 Å². The second-order valence-corrected chi connectivity index (χ2v) is 6.76. The standard InChI is InChI=1S/C10H18O5S/c1-8(6-10(11)12)16(13,14)7-9-2-4-15-5-3-9/h8-9H,2-7H2,1H3,(H,11,12). The van der Waals surface area contributed by atoms with Gasteiger partial charge in [0.1, 0.15) is 0 Å². The maximum absolute atomic E-state index is 11.8. The molecule has 6 heteroatoms. The molecule has 16 heavy (non-hydrogen) atoms. The van der Waals surface area contributed by atoms with Gasteiger partial charge in [-0.1, -0.05) is 0 Å². The molecule has 0 aliphatic carbocycles. The lowest BCUT2D eigenvalue weighted by Crippen LogP contribution is -2.30. The minimum absolute atomic E-state index is 0.0881. The van der Waals surface area contributed by atoms with E-state index in [-0.39, 0.29) is 18.1 Å². The van der Waals surface area contributed by atoms with Crippen molar-refractivity contribution < 1.29 is 23.1 Å². The maximum Gasteiger partial charge on any atom is 0.304 e. The highest BCUT2D eigenvalue weighted by molar-refractivity contribution is 7.92. The third-order valence-electron chi connectivity index (χ3n) is 2.88. The van der Waals surface area contributed by atoms with Crippen molar-refractivity contribution in [3.63, 3.8) is 0 Å². The van der Waals surface area contributed by atoms with Crippen LogP contribution in [0.15, 0.2) is 0 Å². The summed E-state index contributed by atoms with van der Waals surface area (Å²) >= 11 is 0. The fraction of sp³-hybridized carbons (Fsp3) is 0.900. The van der Waals surface area contributed by atoms with Crippen LogP contribution >= 0.6 is 0 Å². The normalized spacial score (nSPS) is 20.6. The molecule has 0 saturated carbocycles. The highest BCUT2D eigenvalue weighted by atomic mass is 32.2. The van der Waals surface area contributed by atoms with Crippen LogP contribution in [0.3, 0.4) is 0 Å². The maximum atomic E-state index is 11.8. The summed E-state index contributed by atoms with van der Waals surface area (Å²) in [6, 6.07) is 0. The fourth-order valence-corrected chi connectivity index (χ4v) is 3.49. The van der Waals surface area contributed by atoms with Gasteiger partial charge < -0.3 is 9.84 Å². The third kappa shape index (κ3) is 4.09. The molecule has 1 atom stereocenters. The number of aliphatic carboxylic acids is 1. The number of carboxylic acid groups (broad SMARTS) is 1. The molecule has 1 aliphatic heterocycles. The first-order valence-corrected chi connectivity index (χ1v) is 7.14. The van der Waals surface area contributed by atoms with Gasteiger partial charge in [-0.25, -0.2) is 8.42 Å². The molecule has 0 aromatic rings. The molecular weight excluding hydrogens is 232 g/mol. The van der Waals surface area contributed by atoms with Crippen LogP contribution in [-0.4, -0.2) is 43.7 Å². The summed E-state index contributed by atoms with van der Waals surface area (Å²) in [6.07, 6.45) is 1.18. The first-order valence-electron chi connectivity index (χ1n) is 5.43. The highest BCUT2D eigenvalue weighted by Gasteiger charge is 2.27. The zero-order chi connectivity index (χ0) is 12.2. The Labute approximate surface area is 95.7 Å². The van der Waals surface area contributed by atoms with E-state index in [1.807, 2.05) is 0 Å². The molecule has 0 radical (unpaired) electrons. The molecule has 1 aliphatic rings. The molecule has 1 saturated heterocycles. The summed E-state index contributed by atoms with van der Waals surface area (Å²) in [5.74, 6) is -0.858. The Morgan fingerprint density at radius 3 is 2.50 bits per heavy atom. The molecule has 0 amide bonds. The Morgan fingerprint density at radius 2 is 2.00 bits per heavy atom. The third-order valence-corrected chi connectivity index (χ3v) is 5.21. The van der Waals surface area contributed by atoms with Crippen molar-refractivity contribution >= 4 is 15.8 Å². The Hall–Kier alpha value is -0.620. The van der Waals surface area contributed by atoms with Crippen LogP contribution in [-0.2, 0) is 19.4 Å². The van der Waals surface area contributed by atoms with Gasteiger partial charge in [-0.15, -0.1) is 0 Å². The van der Waals surface area contributed by atoms with E-state index in [0.717, 1.165) is 12.8 Å². The van der Waals surface area contributed by atoms with Gasteiger partial charge >= 0.3 is 5.97 Å². The van der Waals surface area contributed by atoms with E-state index in [2.05, 4.69) is 0 Å². The van der Waals surface area contributed by atoms with Gasteiger partial charge in [0.05, 0.1) is 17.4 Å². The molecule has 0 aromatic carbocycles. The smallest absolute Gasteiger partial charge is 0.304 e. The van der Waals surface area contributed by atoms with E-state index in [1.165, 1.54) is 6.92 Å². The summed E-state index contributed by atoms with van der Waals surface area (Å²) in [4.78, 5) is 10.5. The molecule has 0 spiro atoms. The van der Waals surface area contributed by atoms with Crippen LogP contribution in [0, 0.1) is 5.92 Å². The van der Waals surface area contributed by atoms with Crippen molar-refractivity contribution in [2.45, 2.75) is 31.4 Å². The summed E-state index contributed by atoms with van der Waals surface area (Å²) in [5.41, 5.74) is 0. The lowest BCUT2D eigenvalue weighted by molar-refractivity contribution is -0.136. The van der Waals surface area contributed by atoms with Crippen molar-refractivity contribution in [2.24, 2.45) is 5.92 Å². The number of hydrogen-bond acceptors (Lipinski definition) is 4. The fourth-order valence-electron chi connectivity index (χ4n) is 1.78. The summed E-state index contributed by atoms with van der Waals surface area (Å²) in [6.45, 7) is 2.67. The van der Waals surface area contributed by atoms with Crippen LogP contribution in [0.2, 0.25) is 0 Å². The Balaban J connectivity index is 2.52. The van der Waals surface area contributed by atoms with E-state index in [9.17, 15) is 13.2 Å². The second-order valence-electron chi connectivity index (χ2n) is 4.29. The first-order chi connectivity index (χ1) is 7.42. The van der Waals surface area contributed by atoms with Gasteiger partial charge in [-0.05, 0) is 25.7 Å². The quantitative estimate of drug-likeness (QED) is 0.776. The minimum atomic E-state index is -3.29. The van der Waals surface area contributed by atoms with Crippen molar-refractivity contribution in [2.75, 3.05) is 19.0 Å². The molecule has 1 fully saturated rings. The molecule has 0 bridgehead atoms. The van der Waals surface area contributed by atoms with Crippen molar-refractivity contribution in [1.29, 1.82) is 0 Å². The number of carboxylic acids is 1. The van der Waals surface area contributed by atoms with Gasteiger partial charge in [0.15, 0.2) is 9.84 Å². The van der Waals surface area contributed by atoms with Crippen molar-refractivity contribution in [3.8, 4) is 0 Å². The molecule has 1 N–H and O–H groups in total. The topological polar surface area (TPSA) is 80.7 Å². The van der Waals surface area contributed by atoms with Gasteiger partial charge in [0, 0.05) is 13.2 Å². The zero-order valence-corrected chi connectivity index (χ0v) is 10.2. The predicted octanol–water partition coefficient (Wildman–Crippen LogP) is 0.691. The van der Waals surface area contributed by atoms with Crippen LogP contribution in [0.1, 0.15) is 26.2 Å². The zero-order valence-electron chi connectivity index (χ0n) is 9.39. The van der Waals surface area contributed by atoms with Gasteiger partial charge in [0.25, 0.3) is 0 Å². The molecule has 1 heterocycles. The molecule has 1 unspecified atom stereocenters. The number of sulfone groups is 1. The molecule has 1 rings (SSSR count). The van der Waals surface area contributed by atoms with Crippen LogP contribution < -0.4 is 0 Å². The van der Waals surface area contributed by atoms with E-state index in [0.29, 0.717) is 13.2 Å². The number of hydrogen-bond donors (Lipinski definition) is 1. The molecular formula is C10H18O5S. The first kappa shape index (κ1) is 13.4. The summed E-state index contributed by atoms with van der Waals surface area (Å²) < 4.78 is 28.8. The molecule has 94 valence electrons. The molecule has 0 aromatic heterocycles. The predicted molar refractivity (Wildman–Crippen MR) is 59.0 cm³/mol. The van der Waals surface area contributed by atoms with Gasteiger partial charge in [0.2, 0.25) is 0 Å². The Morgan fingerprint density at radius 1 is 1.44 bits per heavy atom.